The minimum Gasteiger partial charge on any atom is -0.386 e. The second-order valence-corrected chi connectivity index (χ2v) is 4.95. The molecular formula is C14H19N3O. The zero-order valence-electron chi connectivity index (χ0n) is 11.0. The number of aliphatic hydroxyl groups excluding tert-OH is 1. The molecule has 2 rings (SSSR count). The fraction of sp³-hybridized carbons (Fsp3) is 0.429. The van der Waals surface area contributed by atoms with E-state index in [9.17, 15) is 5.11 Å². The molecule has 4 heteroatoms. The maximum atomic E-state index is 10.4. The van der Waals surface area contributed by atoms with Crippen LogP contribution < -0.4 is 0 Å². The minimum absolute atomic E-state index is 0.158. The summed E-state index contributed by atoms with van der Waals surface area (Å²) in [6.07, 6.45) is 1.08. The Bertz CT molecular complexity index is 493. The molecule has 96 valence electrons. The molecule has 0 saturated heterocycles. The molecule has 18 heavy (non-hydrogen) atoms. The Morgan fingerprint density at radius 3 is 2.39 bits per heavy atom. The average Bonchev–Trinajstić information content (AvgIpc) is 2.87. The lowest BCUT2D eigenvalue weighted by Crippen LogP contribution is -2.18. The van der Waals surface area contributed by atoms with Crippen LogP contribution in [-0.2, 0) is 0 Å². The van der Waals surface area contributed by atoms with Gasteiger partial charge < -0.3 is 5.11 Å². The lowest BCUT2D eigenvalue weighted by atomic mass is 9.91. The molecule has 2 atom stereocenters. The smallest absolute Gasteiger partial charge is 0.100 e. The van der Waals surface area contributed by atoms with Gasteiger partial charge >= 0.3 is 0 Å². The fourth-order valence-electron chi connectivity index (χ4n) is 1.85. The maximum absolute atomic E-state index is 10.4. The highest BCUT2D eigenvalue weighted by atomic mass is 16.3. The van der Waals surface area contributed by atoms with Crippen LogP contribution in [0.5, 0.6) is 0 Å². The Kier molecular flexibility index (Phi) is 3.77. The van der Waals surface area contributed by atoms with Gasteiger partial charge in [0.2, 0.25) is 0 Å². The summed E-state index contributed by atoms with van der Waals surface area (Å²) in [6.45, 7) is 6.24. The summed E-state index contributed by atoms with van der Waals surface area (Å²) in [6, 6.07) is 9.74. The summed E-state index contributed by atoms with van der Waals surface area (Å²) < 4.78 is 1.70. The summed E-state index contributed by atoms with van der Waals surface area (Å²) in [5, 5.41) is 18.4. The van der Waals surface area contributed by atoms with Gasteiger partial charge in [-0.25, -0.2) is 4.68 Å². The third kappa shape index (κ3) is 2.43. The molecule has 0 aliphatic heterocycles. The molecule has 1 aromatic heterocycles. The summed E-state index contributed by atoms with van der Waals surface area (Å²) in [4.78, 5) is 0. The van der Waals surface area contributed by atoms with Crippen LogP contribution in [0, 0.1) is 11.8 Å². The van der Waals surface area contributed by atoms with Gasteiger partial charge in [-0.3, -0.25) is 0 Å². The number of aromatic nitrogens is 3. The standard InChI is InChI=1S/C14H19N3O/c1-10(2)11(3)14(18)13-9-15-16-17(13)12-7-5-4-6-8-12/h4-11,14,18H,1-3H3. The van der Waals surface area contributed by atoms with Crippen molar-refractivity contribution >= 4 is 0 Å². The highest BCUT2D eigenvalue weighted by Gasteiger charge is 2.23. The minimum atomic E-state index is -0.555. The second-order valence-electron chi connectivity index (χ2n) is 4.95. The van der Waals surface area contributed by atoms with Gasteiger partial charge in [0.15, 0.2) is 0 Å². The molecule has 2 aromatic rings. The largest absolute Gasteiger partial charge is 0.386 e. The lowest BCUT2D eigenvalue weighted by Gasteiger charge is -2.22. The van der Waals surface area contributed by atoms with E-state index >= 15 is 0 Å². The van der Waals surface area contributed by atoms with Crippen LogP contribution in [0.3, 0.4) is 0 Å². The third-order valence-electron chi connectivity index (χ3n) is 3.43. The number of benzene rings is 1. The molecule has 0 aliphatic rings. The normalized spacial score (nSPS) is 14.7. The Labute approximate surface area is 107 Å². The van der Waals surface area contributed by atoms with Crippen molar-refractivity contribution in [3.05, 3.63) is 42.2 Å². The van der Waals surface area contributed by atoms with Gasteiger partial charge in [0.05, 0.1) is 17.6 Å². The van der Waals surface area contributed by atoms with E-state index in [0.717, 1.165) is 11.4 Å². The predicted octanol–water partition coefficient (Wildman–Crippen LogP) is 2.59. The molecule has 0 saturated carbocycles. The van der Waals surface area contributed by atoms with Crippen LogP contribution in [-0.4, -0.2) is 20.1 Å². The van der Waals surface area contributed by atoms with Crippen molar-refractivity contribution < 1.29 is 5.11 Å². The van der Waals surface area contributed by atoms with Crippen LogP contribution in [0.1, 0.15) is 32.6 Å². The molecular weight excluding hydrogens is 226 g/mol. The molecule has 4 nitrogen and oxygen atoms in total. The summed E-state index contributed by atoms with van der Waals surface area (Å²) in [7, 11) is 0. The molecule has 1 heterocycles. The number of hydrogen-bond acceptors (Lipinski definition) is 3. The highest BCUT2D eigenvalue weighted by molar-refractivity contribution is 5.32. The molecule has 0 aliphatic carbocycles. The van der Waals surface area contributed by atoms with E-state index in [-0.39, 0.29) is 5.92 Å². The van der Waals surface area contributed by atoms with Crippen molar-refractivity contribution in [3.63, 3.8) is 0 Å². The molecule has 2 unspecified atom stereocenters. The van der Waals surface area contributed by atoms with Gasteiger partial charge in [0, 0.05) is 0 Å². The Morgan fingerprint density at radius 1 is 1.11 bits per heavy atom. The molecule has 0 bridgehead atoms. The molecule has 0 radical (unpaired) electrons. The topological polar surface area (TPSA) is 50.9 Å². The zero-order chi connectivity index (χ0) is 13.1. The van der Waals surface area contributed by atoms with Gasteiger partial charge in [-0.15, -0.1) is 5.10 Å². The van der Waals surface area contributed by atoms with Gasteiger partial charge in [-0.1, -0.05) is 44.2 Å². The fourth-order valence-corrected chi connectivity index (χ4v) is 1.85. The van der Waals surface area contributed by atoms with E-state index in [2.05, 4.69) is 24.2 Å². The molecule has 1 aromatic carbocycles. The Balaban J connectivity index is 2.34. The number of para-hydroxylation sites is 1. The van der Waals surface area contributed by atoms with E-state index in [1.54, 1.807) is 10.9 Å². The van der Waals surface area contributed by atoms with Crippen molar-refractivity contribution in [2.75, 3.05) is 0 Å². The number of nitrogens with zero attached hydrogens (tertiary/aromatic N) is 3. The van der Waals surface area contributed by atoms with Crippen LogP contribution in [0.2, 0.25) is 0 Å². The van der Waals surface area contributed by atoms with E-state index < -0.39 is 6.10 Å². The van der Waals surface area contributed by atoms with E-state index in [1.807, 2.05) is 37.3 Å². The number of rotatable bonds is 4. The van der Waals surface area contributed by atoms with E-state index in [4.69, 9.17) is 0 Å². The van der Waals surface area contributed by atoms with E-state index in [0.29, 0.717) is 5.92 Å². The van der Waals surface area contributed by atoms with Crippen LogP contribution in [0.15, 0.2) is 36.5 Å². The molecule has 0 spiro atoms. The Morgan fingerprint density at radius 2 is 1.78 bits per heavy atom. The average molecular weight is 245 g/mol. The summed E-state index contributed by atoms with van der Waals surface area (Å²) in [5.74, 6) is 0.560. The quantitative estimate of drug-likeness (QED) is 0.900. The van der Waals surface area contributed by atoms with Crippen molar-refractivity contribution in [3.8, 4) is 5.69 Å². The van der Waals surface area contributed by atoms with Crippen molar-refractivity contribution in [1.29, 1.82) is 0 Å². The first-order chi connectivity index (χ1) is 8.61. The van der Waals surface area contributed by atoms with Crippen LogP contribution in [0.4, 0.5) is 0 Å². The summed E-state index contributed by atoms with van der Waals surface area (Å²) >= 11 is 0. The number of hydrogen-bond donors (Lipinski definition) is 1. The molecule has 0 fully saturated rings. The van der Waals surface area contributed by atoms with Crippen molar-refractivity contribution in [1.82, 2.24) is 15.0 Å². The third-order valence-corrected chi connectivity index (χ3v) is 3.43. The summed E-state index contributed by atoms with van der Waals surface area (Å²) in [5.41, 5.74) is 1.66. The lowest BCUT2D eigenvalue weighted by molar-refractivity contribution is 0.0859. The maximum Gasteiger partial charge on any atom is 0.100 e. The van der Waals surface area contributed by atoms with Gasteiger partial charge in [-0.05, 0) is 24.0 Å². The molecule has 1 N–H and O–H groups in total. The van der Waals surface area contributed by atoms with Crippen LogP contribution >= 0.6 is 0 Å². The van der Waals surface area contributed by atoms with Gasteiger partial charge in [-0.2, -0.15) is 0 Å². The predicted molar refractivity (Wildman–Crippen MR) is 70.3 cm³/mol. The zero-order valence-corrected chi connectivity index (χ0v) is 11.0. The first kappa shape index (κ1) is 12.8. The first-order valence-electron chi connectivity index (χ1n) is 6.25. The highest BCUT2D eigenvalue weighted by Crippen LogP contribution is 2.28. The molecule has 0 amide bonds. The van der Waals surface area contributed by atoms with Crippen LogP contribution in [0.25, 0.3) is 5.69 Å². The number of aliphatic hydroxyl groups is 1. The monoisotopic (exact) mass is 245 g/mol. The van der Waals surface area contributed by atoms with Gasteiger partial charge in [0.25, 0.3) is 0 Å². The SMILES string of the molecule is CC(C)C(C)C(O)c1cnnn1-c1ccccc1. The first-order valence-corrected chi connectivity index (χ1v) is 6.25. The van der Waals surface area contributed by atoms with Crippen molar-refractivity contribution in [2.45, 2.75) is 26.9 Å². The Hall–Kier alpha value is -1.68. The van der Waals surface area contributed by atoms with Crippen molar-refractivity contribution in [2.24, 2.45) is 11.8 Å². The van der Waals surface area contributed by atoms with Gasteiger partial charge in [0.1, 0.15) is 6.10 Å². The second kappa shape index (κ2) is 5.31. The van der Waals surface area contributed by atoms with E-state index in [1.165, 1.54) is 0 Å².